The van der Waals surface area contributed by atoms with Gasteiger partial charge in [-0.05, 0) is 58.1 Å². The summed E-state index contributed by atoms with van der Waals surface area (Å²) in [6, 6.07) is 15.5. The van der Waals surface area contributed by atoms with Crippen LogP contribution in [0, 0.1) is 5.82 Å². The monoisotopic (exact) mass is 462 g/mol. The van der Waals surface area contributed by atoms with Crippen LogP contribution >= 0.6 is 11.6 Å². The van der Waals surface area contributed by atoms with Crippen molar-refractivity contribution in [2.24, 2.45) is 0 Å². The number of hydrogen-bond acceptors (Lipinski definition) is 4. The normalized spacial score (nSPS) is 12.4. The summed E-state index contributed by atoms with van der Waals surface area (Å²) in [7, 11) is -2.41. The fourth-order valence-corrected chi connectivity index (χ4v) is 4.81. The number of ether oxygens (including phenoxy) is 1. The molecule has 0 aromatic heterocycles. The van der Waals surface area contributed by atoms with Crippen LogP contribution < -0.4 is 4.74 Å². The molecule has 0 saturated heterocycles. The number of benzene rings is 3. The van der Waals surface area contributed by atoms with E-state index in [0.29, 0.717) is 33.0 Å². The van der Waals surface area contributed by atoms with Crippen LogP contribution in [0.2, 0.25) is 5.02 Å². The van der Waals surface area contributed by atoms with E-state index in [9.17, 15) is 22.7 Å². The number of methoxy groups -OCH3 is 1. The summed E-state index contributed by atoms with van der Waals surface area (Å²) in [6.45, 7) is 1.40. The number of carbonyl (C=O) groups is 1. The van der Waals surface area contributed by atoms with Crippen molar-refractivity contribution in [1.82, 2.24) is 0 Å². The predicted octanol–water partition coefficient (Wildman–Crippen LogP) is 5.38. The van der Waals surface area contributed by atoms with E-state index < -0.39 is 26.9 Å². The Morgan fingerprint density at radius 1 is 1.03 bits per heavy atom. The third-order valence-electron chi connectivity index (χ3n) is 4.95. The van der Waals surface area contributed by atoms with Gasteiger partial charge in [-0.1, -0.05) is 48.9 Å². The Kier molecular flexibility index (Phi) is 6.67. The highest BCUT2D eigenvalue weighted by atomic mass is 35.5. The van der Waals surface area contributed by atoms with Crippen LogP contribution in [0.25, 0.3) is 22.3 Å². The second-order valence-corrected chi connectivity index (χ2v) is 9.61. The number of rotatable bonds is 7. The van der Waals surface area contributed by atoms with Gasteiger partial charge in [0.15, 0.2) is 15.1 Å². The number of carboxylic acid groups (broad SMARTS) is 1. The zero-order valence-corrected chi connectivity index (χ0v) is 18.4. The van der Waals surface area contributed by atoms with Crippen molar-refractivity contribution in [2.75, 3.05) is 12.9 Å². The molecule has 0 aliphatic rings. The molecule has 162 valence electrons. The van der Waals surface area contributed by atoms with Gasteiger partial charge in [0.25, 0.3) is 0 Å². The molecule has 0 spiro atoms. The molecule has 3 aromatic carbocycles. The zero-order valence-electron chi connectivity index (χ0n) is 16.8. The Balaban J connectivity index is 2.26. The standard InChI is InChI=1S/C23H20ClFO5S/c1-3-31(28,29)22(23(26)27)16-6-10-18(15-7-11-21(30-2)20(24)13-15)19(12-16)14-4-8-17(25)9-5-14/h4-13,22H,3H2,1-2H3,(H,26,27). The predicted molar refractivity (Wildman–Crippen MR) is 119 cm³/mol. The van der Waals surface area contributed by atoms with Gasteiger partial charge in [0.05, 0.1) is 12.1 Å². The first-order valence-electron chi connectivity index (χ1n) is 9.36. The summed E-state index contributed by atoms with van der Waals surface area (Å²) in [5, 5.41) is 8.29. The molecule has 0 fully saturated rings. The first-order valence-corrected chi connectivity index (χ1v) is 11.5. The Labute approximate surface area is 185 Å². The Morgan fingerprint density at radius 3 is 2.23 bits per heavy atom. The second-order valence-electron chi connectivity index (χ2n) is 6.83. The number of sulfone groups is 1. The van der Waals surface area contributed by atoms with Gasteiger partial charge in [0.2, 0.25) is 0 Å². The molecular formula is C23H20ClFO5S. The second kappa shape index (κ2) is 9.08. The molecule has 1 unspecified atom stereocenters. The van der Waals surface area contributed by atoms with E-state index in [1.165, 1.54) is 38.3 Å². The van der Waals surface area contributed by atoms with Crippen LogP contribution in [-0.2, 0) is 14.6 Å². The summed E-state index contributed by atoms with van der Waals surface area (Å²) in [4.78, 5) is 11.8. The highest BCUT2D eigenvalue weighted by molar-refractivity contribution is 7.92. The smallest absolute Gasteiger partial charge is 0.326 e. The van der Waals surface area contributed by atoms with Crippen LogP contribution in [0.4, 0.5) is 4.39 Å². The quantitative estimate of drug-likeness (QED) is 0.509. The SMILES string of the molecule is CCS(=O)(=O)C(C(=O)O)c1ccc(-c2ccc(OC)c(Cl)c2)c(-c2ccc(F)cc2)c1. The summed E-state index contributed by atoms with van der Waals surface area (Å²) >= 11 is 6.27. The van der Waals surface area contributed by atoms with E-state index in [-0.39, 0.29) is 11.3 Å². The molecule has 0 bridgehead atoms. The first kappa shape index (κ1) is 22.8. The summed E-state index contributed by atoms with van der Waals surface area (Å²) in [5.41, 5.74) is 2.66. The lowest BCUT2D eigenvalue weighted by molar-refractivity contribution is -0.136. The van der Waals surface area contributed by atoms with Crippen molar-refractivity contribution in [2.45, 2.75) is 12.2 Å². The lowest BCUT2D eigenvalue weighted by Crippen LogP contribution is -2.23. The minimum Gasteiger partial charge on any atom is -0.495 e. The molecule has 1 atom stereocenters. The largest absolute Gasteiger partial charge is 0.495 e. The van der Waals surface area contributed by atoms with Crippen LogP contribution in [0.5, 0.6) is 5.75 Å². The van der Waals surface area contributed by atoms with Gasteiger partial charge in [-0.25, -0.2) is 12.8 Å². The van der Waals surface area contributed by atoms with Gasteiger partial charge in [-0.2, -0.15) is 0 Å². The topological polar surface area (TPSA) is 80.7 Å². The molecule has 0 aliphatic carbocycles. The van der Waals surface area contributed by atoms with Gasteiger partial charge in [-0.3, -0.25) is 4.79 Å². The fraction of sp³-hybridized carbons (Fsp3) is 0.174. The number of aliphatic carboxylic acids is 1. The van der Waals surface area contributed by atoms with E-state index in [1.807, 2.05) is 0 Å². The summed E-state index contributed by atoms with van der Waals surface area (Å²) in [6.07, 6.45) is 0. The van der Waals surface area contributed by atoms with Crippen molar-refractivity contribution in [3.05, 3.63) is 77.1 Å². The van der Waals surface area contributed by atoms with E-state index in [0.717, 1.165) is 0 Å². The van der Waals surface area contributed by atoms with E-state index in [4.69, 9.17) is 16.3 Å². The Hall–Kier alpha value is -2.90. The number of hydrogen-bond donors (Lipinski definition) is 1. The third-order valence-corrected chi connectivity index (χ3v) is 7.24. The van der Waals surface area contributed by atoms with Crippen LogP contribution in [0.1, 0.15) is 17.7 Å². The van der Waals surface area contributed by atoms with Crippen LogP contribution in [0.3, 0.4) is 0 Å². The molecule has 8 heteroatoms. The van der Waals surface area contributed by atoms with Crippen molar-refractivity contribution >= 4 is 27.4 Å². The molecule has 0 radical (unpaired) electrons. The van der Waals surface area contributed by atoms with E-state index >= 15 is 0 Å². The maximum atomic E-state index is 13.5. The highest BCUT2D eigenvalue weighted by Gasteiger charge is 2.33. The minimum absolute atomic E-state index is 0.122. The highest BCUT2D eigenvalue weighted by Crippen LogP contribution is 2.38. The van der Waals surface area contributed by atoms with Gasteiger partial charge >= 0.3 is 5.97 Å². The van der Waals surface area contributed by atoms with E-state index in [1.54, 1.807) is 36.4 Å². The minimum atomic E-state index is -3.91. The Bertz CT molecular complexity index is 1220. The zero-order chi connectivity index (χ0) is 22.8. The molecule has 1 N–H and O–H groups in total. The van der Waals surface area contributed by atoms with Crippen molar-refractivity contribution in [3.8, 4) is 28.0 Å². The molecule has 31 heavy (non-hydrogen) atoms. The molecule has 5 nitrogen and oxygen atoms in total. The summed E-state index contributed by atoms with van der Waals surface area (Å²) in [5.74, 6) is -1.70. The lowest BCUT2D eigenvalue weighted by Gasteiger charge is -2.17. The Morgan fingerprint density at radius 2 is 1.68 bits per heavy atom. The van der Waals surface area contributed by atoms with Gasteiger partial charge in [0.1, 0.15) is 11.6 Å². The number of carboxylic acids is 1. The van der Waals surface area contributed by atoms with Crippen LogP contribution in [0.15, 0.2) is 60.7 Å². The molecule has 0 saturated carbocycles. The summed E-state index contributed by atoms with van der Waals surface area (Å²) < 4.78 is 43.6. The molecule has 0 heterocycles. The maximum absolute atomic E-state index is 13.5. The van der Waals surface area contributed by atoms with E-state index in [2.05, 4.69) is 0 Å². The van der Waals surface area contributed by atoms with Gasteiger partial charge < -0.3 is 9.84 Å². The van der Waals surface area contributed by atoms with Gasteiger partial charge in [-0.15, -0.1) is 0 Å². The van der Waals surface area contributed by atoms with Crippen LogP contribution in [-0.4, -0.2) is 32.4 Å². The average Bonchev–Trinajstić information content (AvgIpc) is 2.74. The molecule has 3 aromatic rings. The third kappa shape index (κ3) is 4.73. The fourth-order valence-electron chi connectivity index (χ4n) is 3.35. The lowest BCUT2D eigenvalue weighted by atomic mass is 9.92. The molecule has 0 aliphatic heterocycles. The number of halogens is 2. The van der Waals surface area contributed by atoms with Gasteiger partial charge in [0, 0.05) is 5.75 Å². The van der Waals surface area contributed by atoms with Crippen molar-refractivity contribution < 1.29 is 27.4 Å². The molecule has 3 rings (SSSR count). The first-order chi connectivity index (χ1) is 14.7. The van der Waals surface area contributed by atoms with Crippen molar-refractivity contribution in [1.29, 1.82) is 0 Å². The maximum Gasteiger partial charge on any atom is 0.326 e. The molecule has 0 amide bonds. The van der Waals surface area contributed by atoms with Crippen molar-refractivity contribution in [3.63, 3.8) is 0 Å². The average molecular weight is 463 g/mol. The molecular weight excluding hydrogens is 443 g/mol.